The summed E-state index contributed by atoms with van der Waals surface area (Å²) >= 11 is 3.39. The van der Waals surface area contributed by atoms with Crippen molar-refractivity contribution in [3.63, 3.8) is 0 Å². The van der Waals surface area contributed by atoms with Crippen LogP contribution < -0.4 is 10.1 Å². The van der Waals surface area contributed by atoms with Crippen LogP contribution >= 0.6 is 15.9 Å². The Hall–Kier alpha value is -1.33. The van der Waals surface area contributed by atoms with Crippen molar-refractivity contribution < 1.29 is 9.15 Å². The second-order valence-electron chi connectivity index (χ2n) is 5.27. The van der Waals surface area contributed by atoms with E-state index in [1.54, 1.807) is 6.26 Å². The number of nitrogens with one attached hydrogen (secondary N) is 1. The number of ether oxygens (including phenoxy) is 1. The van der Waals surface area contributed by atoms with E-state index in [4.69, 9.17) is 9.15 Å². The lowest BCUT2D eigenvalue weighted by Gasteiger charge is -2.19. The SMILES string of the molecule is CC(C)(C)NCc1coc(Oc2cccc(Br)c2)n1. The first-order valence-electron chi connectivity index (χ1n) is 6.05. The van der Waals surface area contributed by atoms with Crippen molar-refractivity contribution in [1.82, 2.24) is 10.3 Å². The summed E-state index contributed by atoms with van der Waals surface area (Å²) in [7, 11) is 0. The molecule has 2 aromatic rings. The van der Waals surface area contributed by atoms with Gasteiger partial charge < -0.3 is 14.5 Å². The third kappa shape index (κ3) is 4.69. The molecule has 0 bridgehead atoms. The third-order valence-electron chi connectivity index (χ3n) is 2.33. The average molecular weight is 325 g/mol. The van der Waals surface area contributed by atoms with E-state index in [1.165, 1.54) is 0 Å². The van der Waals surface area contributed by atoms with Gasteiger partial charge in [-0.15, -0.1) is 0 Å². The van der Waals surface area contributed by atoms with Crippen LogP contribution in [-0.2, 0) is 6.54 Å². The molecule has 1 aromatic carbocycles. The maximum atomic E-state index is 5.54. The molecule has 0 aliphatic rings. The van der Waals surface area contributed by atoms with Gasteiger partial charge in [0.25, 0.3) is 0 Å². The minimum atomic E-state index is 0.0459. The molecule has 0 aliphatic carbocycles. The van der Waals surface area contributed by atoms with Crippen LogP contribution in [0.25, 0.3) is 0 Å². The van der Waals surface area contributed by atoms with Gasteiger partial charge in [0.1, 0.15) is 12.0 Å². The van der Waals surface area contributed by atoms with Gasteiger partial charge in [-0.25, -0.2) is 0 Å². The zero-order valence-corrected chi connectivity index (χ0v) is 12.8. The number of hydrogen-bond acceptors (Lipinski definition) is 4. The molecule has 1 N–H and O–H groups in total. The van der Waals surface area contributed by atoms with E-state index in [9.17, 15) is 0 Å². The molecule has 2 rings (SSSR count). The first-order chi connectivity index (χ1) is 8.92. The number of benzene rings is 1. The highest BCUT2D eigenvalue weighted by Crippen LogP contribution is 2.23. The zero-order chi connectivity index (χ0) is 13.9. The first-order valence-corrected chi connectivity index (χ1v) is 6.84. The molecular weight excluding hydrogens is 308 g/mol. The van der Waals surface area contributed by atoms with E-state index < -0.39 is 0 Å². The quantitative estimate of drug-likeness (QED) is 0.919. The lowest BCUT2D eigenvalue weighted by molar-refractivity contribution is 0.330. The summed E-state index contributed by atoms with van der Waals surface area (Å²) in [5, 5.41) is 3.34. The summed E-state index contributed by atoms with van der Waals surface area (Å²) in [6.07, 6.45) is 1.86. The van der Waals surface area contributed by atoms with Crippen LogP contribution in [0.4, 0.5) is 0 Å². The lowest BCUT2D eigenvalue weighted by Crippen LogP contribution is -2.35. The molecule has 0 saturated heterocycles. The molecule has 102 valence electrons. The monoisotopic (exact) mass is 324 g/mol. The Morgan fingerprint density at radius 2 is 2.16 bits per heavy atom. The molecule has 0 unspecified atom stereocenters. The predicted molar refractivity (Wildman–Crippen MR) is 77.3 cm³/mol. The number of nitrogens with zero attached hydrogens (tertiary/aromatic N) is 1. The fourth-order valence-electron chi connectivity index (χ4n) is 1.40. The van der Waals surface area contributed by atoms with Crippen LogP contribution in [0.3, 0.4) is 0 Å². The number of rotatable bonds is 4. The Kier molecular flexibility index (Phi) is 4.27. The van der Waals surface area contributed by atoms with E-state index in [2.05, 4.69) is 47.0 Å². The van der Waals surface area contributed by atoms with Gasteiger partial charge in [0.05, 0.1) is 5.69 Å². The van der Waals surface area contributed by atoms with E-state index in [0.717, 1.165) is 10.2 Å². The Morgan fingerprint density at radius 3 is 2.84 bits per heavy atom. The van der Waals surface area contributed by atoms with Crippen molar-refractivity contribution in [2.45, 2.75) is 32.9 Å². The number of oxazole rings is 1. The van der Waals surface area contributed by atoms with Crippen molar-refractivity contribution in [2.75, 3.05) is 0 Å². The second kappa shape index (κ2) is 5.75. The Morgan fingerprint density at radius 1 is 1.37 bits per heavy atom. The summed E-state index contributed by atoms with van der Waals surface area (Å²) in [6.45, 7) is 6.96. The molecular formula is C14H17BrN2O2. The number of halogens is 1. The van der Waals surface area contributed by atoms with Crippen LogP contribution in [0.1, 0.15) is 26.5 Å². The first kappa shape index (κ1) is 14.1. The largest absolute Gasteiger partial charge is 0.417 e. The van der Waals surface area contributed by atoms with E-state index in [0.29, 0.717) is 12.3 Å². The second-order valence-corrected chi connectivity index (χ2v) is 6.18. The van der Waals surface area contributed by atoms with Crippen molar-refractivity contribution >= 4 is 15.9 Å². The van der Waals surface area contributed by atoms with Gasteiger partial charge >= 0.3 is 6.08 Å². The van der Waals surface area contributed by atoms with Gasteiger partial charge in [-0.05, 0) is 39.0 Å². The highest BCUT2D eigenvalue weighted by Gasteiger charge is 2.11. The molecule has 0 radical (unpaired) electrons. The predicted octanol–water partition coefficient (Wildman–Crippen LogP) is 4.12. The molecule has 0 atom stereocenters. The van der Waals surface area contributed by atoms with Crippen LogP contribution in [0.5, 0.6) is 11.8 Å². The van der Waals surface area contributed by atoms with Crippen molar-refractivity contribution in [1.29, 1.82) is 0 Å². The van der Waals surface area contributed by atoms with Gasteiger partial charge in [0.15, 0.2) is 0 Å². The normalized spacial score (nSPS) is 11.6. The summed E-state index contributed by atoms with van der Waals surface area (Å²) in [5.74, 6) is 0.687. The van der Waals surface area contributed by atoms with Crippen molar-refractivity contribution in [3.05, 3.63) is 40.7 Å². The molecule has 0 fully saturated rings. The molecule has 19 heavy (non-hydrogen) atoms. The van der Waals surface area contributed by atoms with E-state index in [-0.39, 0.29) is 11.6 Å². The minimum Gasteiger partial charge on any atom is -0.417 e. The average Bonchev–Trinajstić information content (AvgIpc) is 2.73. The summed E-state index contributed by atoms with van der Waals surface area (Å²) in [5.41, 5.74) is 0.865. The van der Waals surface area contributed by atoms with Crippen LogP contribution in [-0.4, -0.2) is 10.5 Å². The third-order valence-corrected chi connectivity index (χ3v) is 2.83. The van der Waals surface area contributed by atoms with Crippen LogP contribution in [0.2, 0.25) is 0 Å². The molecule has 4 nitrogen and oxygen atoms in total. The fraction of sp³-hybridized carbons (Fsp3) is 0.357. The highest BCUT2D eigenvalue weighted by molar-refractivity contribution is 9.10. The maximum absolute atomic E-state index is 5.54. The summed E-state index contributed by atoms with van der Waals surface area (Å²) in [4.78, 5) is 4.27. The van der Waals surface area contributed by atoms with Crippen molar-refractivity contribution in [3.8, 4) is 11.8 Å². The zero-order valence-electron chi connectivity index (χ0n) is 11.2. The Labute approximate surface area is 121 Å². The number of hydrogen-bond donors (Lipinski definition) is 1. The lowest BCUT2D eigenvalue weighted by atomic mass is 10.1. The molecule has 0 saturated carbocycles. The molecule has 0 aliphatic heterocycles. The topological polar surface area (TPSA) is 47.3 Å². The maximum Gasteiger partial charge on any atom is 0.399 e. The molecule has 0 spiro atoms. The summed E-state index contributed by atoms with van der Waals surface area (Å²) < 4.78 is 11.8. The van der Waals surface area contributed by atoms with Crippen molar-refractivity contribution in [2.24, 2.45) is 0 Å². The van der Waals surface area contributed by atoms with Gasteiger partial charge in [0, 0.05) is 16.6 Å². The highest BCUT2D eigenvalue weighted by atomic mass is 79.9. The van der Waals surface area contributed by atoms with Gasteiger partial charge in [-0.1, -0.05) is 22.0 Å². The van der Waals surface area contributed by atoms with Crippen LogP contribution in [0, 0.1) is 0 Å². The molecule has 0 amide bonds. The van der Waals surface area contributed by atoms with Gasteiger partial charge in [-0.2, -0.15) is 4.98 Å². The van der Waals surface area contributed by atoms with E-state index in [1.807, 2.05) is 24.3 Å². The Bertz CT molecular complexity index is 546. The smallest absolute Gasteiger partial charge is 0.399 e. The molecule has 5 heteroatoms. The van der Waals surface area contributed by atoms with Gasteiger partial charge in [-0.3, -0.25) is 0 Å². The standard InChI is InChI=1S/C14H17BrN2O2/c1-14(2,3)16-8-11-9-18-13(17-11)19-12-6-4-5-10(15)7-12/h4-7,9,16H,8H2,1-3H3. The number of aromatic nitrogens is 1. The van der Waals surface area contributed by atoms with E-state index >= 15 is 0 Å². The molecule has 1 aromatic heterocycles. The minimum absolute atomic E-state index is 0.0459. The van der Waals surface area contributed by atoms with Gasteiger partial charge in [0.2, 0.25) is 0 Å². The Balaban J connectivity index is 1.97. The van der Waals surface area contributed by atoms with Crippen LogP contribution in [0.15, 0.2) is 39.4 Å². The molecule has 1 heterocycles. The fourth-order valence-corrected chi connectivity index (χ4v) is 1.78. The summed E-state index contributed by atoms with van der Waals surface area (Å²) in [6, 6.07) is 7.53.